The Hall–Kier alpha value is -0.910. The molecule has 1 saturated heterocycles. The van der Waals surface area contributed by atoms with Crippen LogP contribution in [-0.2, 0) is 14.8 Å². The molecule has 0 unspecified atom stereocenters. The van der Waals surface area contributed by atoms with Crippen molar-refractivity contribution in [2.24, 2.45) is 5.92 Å². The second-order valence-electron chi connectivity index (χ2n) is 5.57. The van der Waals surface area contributed by atoms with Gasteiger partial charge >= 0.3 is 0 Å². The zero-order valence-corrected chi connectivity index (χ0v) is 13.2. The SMILES string of the molecule is COCC1CCN(S(=O)(=O)c2ccc(C)cc2C)CC1. The number of piperidine rings is 1. The highest BCUT2D eigenvalue weighted by atomic mass is 32.2. The third kappa shape index (κ3) is 3.22. The molecule has 2 rings (SSSR count). The Balaban J connectivity index is 2.15. The smallest absolute Gasteiger partial charge is 0.243 e. The third-order valence-corrected chi connectivity index (χ3v) is 5.98. The first-order chi connectivity index (χ1) is 9.45. The summed E-state index contributed by atoms with van der Waals surface area (Å²) in [6.45, 7) is 5.72. The molecule has 0 bridgehead atoms. The molecule has 5 heteroatoms. The molecule has 1 aliphatic rings. The Labute approximate surface area is 121 Å². The lowest BCUT2D eigenvalue weighted by molar-refractivity contribution is 0.121. The highest BCUT2D eigenvalue weighted by Crippen LogP contribution is 2.26. The normalized spacial score (nSPS) is 18.4. The van der Waals surface area contributed by atoms with E-state index in [1.165, 1.54) is 0 Å². The maximum Gasteiger partial charge on any atom is 0.243 e. The van der Waals surface area contributed by atoms with Crippen molar-refractivity contribution in [3.63, 3.8) is 0 Å². The van der Waals surface area contributed by atoms with Crippen molar-refractivity contribution in [2.45, 2.75) is 31.6 Å². The van der Waals surface area contributed by atoms with Gasteiger partial charge in [-0.1, -0.05) is 17.7 Å². The lowest BCUT2D eigenvalue weighted by atomic mass is 9.99. The molecular weight excluding hydrogens is 274 g/mol. The highest BCUT2D eigenvalue weighted by Gasteiger charge is 2.30. The second-order valence-corrected chi connectivity index (χ2v) is 7.48. The number of methoxy groups -OCH3 is 1. The summed E-state index contributed by atoms with van der Waals surface area (Å²) in [5.74, 6) is 0.477. The van der Waals surface area contributed by atoms with Crippen LogP contribution in [0, 0.1) is 19.8 Å². The Morgan fingerprint density at radius 2 is 1.90 bits per heavy atom. The molecule has 0 radical (unpaired) electrons. The summed E-state index contributed by atoms with van der Waals surface area (Å²) in [4.78, 5) is 0.438. The average molecular weight is 297 g/mol. The summed E-state index contributed by atoms with van der Waals surface area (Å²) in [6.07, 6.45) is 1.75. The molecule has 0 atom stereocenters. The van der Waals surface area contributed by atoms with Gasteiger partial charge in [0.2, 0.25) is 10.0 Å². The van der Waals surface area contributed by atoms with Crippen molar-refractivity contribution in [1.82, 2.24) is 4.31 Å². The minimum atomic E-state index is -3.36. The summed E-state index contributed by atoms with van der Waals surface area (Å²) in [5.41, 5.74) is 1.91. The van der Waals surface area contributed by atoms with Crippen LogP contribution < -0.4 is 0 Å². The number of hydrogen-bond donors (Lipinski definition) is 0. The van der Waals surface area contributed by atoms with Gasteiger partial charge in [-0.15, -0.1) is 0 Å². The van der Waals surface area contributed by atoms with Crippen LogP contribution in [0.4, 0.5) is 0 Å². The number of sulfonamides is 1. The third-order valence-electron chi connectivity index (χ3n) is 3.92. The molecule has 0 aromatic heterocycles. The maximum absolute atomic E-state index is 12.7. The number of nitrogens with zero attached hydrogens (tertiary/aromatic N) is 1. The predicted octanol–water partition coefficient (Wildman–Crippen LogP) is 2.35. The molecule has 1 aromatic carbocycles. The van der Waals surface area contributed by atoms with Crippen LogP contribution in [0.3, 0.4) is 0 Å². The van der Waals surface area contributed by atoms with Crippen molar-refractivity contribution in [3.8, 4) is 0 Å². The average Bonchev–Trinajstić information content (AvgIpc) is 2.39. The van der Waals surface area contributed by atoms with Crippen LogP contribution >= 0.6 is 0 Å². The van der Waals surface area contributed by atoms with E-state index in [9.17, 15) is 8.42 Å². The summed E-state index contributed by atoms with van der Waals surface area (Å²) in [7, 11) is -1.66. The van der Waals surface area contributed by atoms with Crippen LogP contribution in [0.25, 0.3) is 0 Å². The highest BCUT2D eigenvalue weighted by molar-refractivity contribution is 7.89. The fourth-order valence-electron chi connectivity index (χ4n) is 2.78. The Bertz CT molecular complexity index is 560. The molecule has 0 amide bonds. The Kier molecular flexibility index (Phi) is 4.83. The maximum atomic E-state index is 12.7. The van der Waals surface area contributed by atoms with E-state index in [-0.39, 0.29) is 0 Å². The number of ether oxygens (including phenoxy) is 1. The van der Waals surface area contributed by atoms with E-state index < -0.39 is 10.0 Å². The van der Waals surface area contributed by atoms with Gasteiger partial charge in [0, 0.05) is 26.8 Å². The van der Waals surface area contributed by atoms with Crippen molar-refractivity contribution >= 4 is 10.0 Å². The Morgan fingerprint density at radius 1 is 1.25 bits per heavy atom. The molecule has 0 spiro atoms. The van der Waals surface area contributed by atoms with Crippen molar-refractivity contribution < 1.29 is 13.2 Å². The van der Waals surface area contributed by atoms with Crippen LogP contribution in [0.1, 0.15) is 24.0 Å². The van der Waals surface area contributed by atoms with Crippen molar-refractivity contribution in [3.05, 3.63) is 29.3 Å². The van der Waals surface area contributed by atoms with Gasteiger partial charge in [-0.2, -0.15) is 4.31 Å². The first-order valence-electron chi connectivity index (χ1n) is 7.01. The molecular formula is C15H23NO3S. The number of rotatable bonds is 4. The van der Waals surface area contributed by atoms with Gasteiger partial charge in [0.05, 0.1) is 4.90 Å². The summed E-state index contributed by atoms with van der Waals surface area (Å²) < 4.78 is 32.1. The van der Waals surface area contributed by atoms with E-state index in [1.54, 1.807) is 17.5 Å². The predicted molar refractivity (Wildman–Crippen MR) is 79.3 cm³/mol. The van der Waals surface area contributed by atoms with Gasteiger partial charge in [0.15, 0.2) is 0 Å². The zero-order valence-electron chi connectivity index (χ0n) is 12.4. The molecule has 0 saturated carbocycles. The molecule has 4 nitrogen and oxygen atoms in total. The van der Waals surface area contributed by atoms with Crippen LogP contribution in [0.15, 0.2) is 23.1 Å². The van der Waals surface area contributed by atoms with Crippen LogP contribution in [0.5, 0.6) is 0 Å². The molecule has 0 aliphatic carbocycles. The van der Waals surface area contributed by atoms with E-state index >= 15 is 0 Å². The number of hydrogen-bond acceptors (Lipinski definition) is 3. The van der Waals surface area contributed by atoms with Crippen molar-refractivity contribution in [2.75, 3.05) is 26.8 Å². The summed E-state index contributed by atoms with van der Waals surface area (Å²) in [5, 5.41) is 0. The largest absolute Gasteiger partial charge is 0.384 e. The van der Waals surface area contributed by atoms with E-state index in [2.05, 4.69) is 0 Å². The molecule has 0 N–H and O–H groups in total. The van der Waals surface area contributed by atoms with E-state index in [1.807, 2.05) is 26.0 Å². The number of aryl methyl sites for hydroxylation is 2. The molecule has 1 fully saturated rings. The van der Waals surface area contributed by atoms with E-state index in [0.29, 0.717) is 23.9 Å². The number of benzene rings is 1. The minimum absolute atomic E-state index is 0.438. The fraction of sp³-hybridized carbons (Fsp3) is 0.600. The first kappa shape index (κ1) is 15.5. The topological polar surface area (TPSA) is 46.6 Å². The minimum Gasteiger partial charge on any atom is -0.384 e. The fourth-order valence-corrected chi connectivity index (χ4v) is 4.46. The lowest BCUT2D eigenvalue weighted by Crippen LogP contribution is -2.39. The van der Waals surface area contributed by atoms with Gasteiger partial charge in [-0.25, -0.2) is 8.42 Å². The molecule has 1 heterocycles. The molecule has 20 heavy (non-hydrogen) atoms. The van der Waals surface area contributed by atoms with Gasteiger partial charge in [0.1, 0.15) is 0 Å². The van der Waals surface area contributed by atoms with Gasteiger partial charge in [-0.05, 0) is 44.2 Å². The quantitative estimate of drug-likeness (QED) is 0.857. The first-order valence-corrected chi connectivity index (χ1v) is 8.45. The van der Waals surface area contributed by atoms with Gasteiger partial charge in [0.25, 0.3) is 0 Å². The van der Waals surface area contributed by atoms with Crippen LogP contribution in [-0.4, -0.2) is 39.5 Å². The second kappa shape index (κ2) is 6.24. The van der Waals surface area contributed by atoms with Gasteiger partial charge < -0.3 is 4.74 Å². The molecule has 112 valence electrons. The van der Waals surface area contributed by atoms with Crippen molar-refractivity contribution in [1.29, 1.82) is 0 Å². The standard InChI is InChI=1S/C15H23NO3S/c1-12-4-5-15(13(2)10-12)20(17,18)16-8-6-14(7-9-16)11-19-3/h4-5,10,14H,6-9,11H2,1-3H3. The van der Waals surface area contributed by atoms with Gasteiger partial charge in [-0.3, -0.25) is 0 Å². The Morgan fingerprint density at radius 3 is 2.45 bits per heavy atom. The monoisotopic (exact) mass is 297 g/mol. The zero-order chi connectivity index (χ0) is 14.8. The summed E-state index contributed by atoms with van der Waals surface area (Å²) in [6, 6.07) is 5.50. The molecule has 1 aromatic rings. The van der Waals surface area contributed by atoms with E-state index in [4.69, 9.17) is 4.74 Å². The lowest BCUT2D eigenvalue weighted by Gasteiger charge is -2.31. The molecule has 1 aliphatic heterocycles. The van der Waals surface area contributed by atoms with Crippen LogP contribution in [0.2, 0.25) is 0 Å². The summed E-state index contributed by atoms with van der Waals surface area (Å²) >= 11 is 0. The van der Waals surface area contributed by atoms with E-state index in [0.717, 1.165) is 30.6 Å².